The number of hydrogen-bond acceptors (Lipinski definition) is 5. The highest BCUT2D eigenvalue weighted by Gasteiger charge is 2.21. The molecular formula is C12H20N2O3. The molecule has 2 rings (SSSR count). The molecule has 1 N–H and O–H groups in total. The lowest BCUT2D eigenvalue weighted by Gasteiger charge is -2.29. The van der Waals surface area contributed by atoms with Crippen molar-refractivity contribution in [1.82, 2.24) is 10.5 Å². The monoisotopic (exact) mass is 240 g/mol. The molecule has 1 aromatic heterocycles. The predicted molar refractivity (Wildman–Crippen MR) is 62.4 cm³/mol. The van der Waals surface area contributed by atoms with Crippen LogP contribution < -0.4 is 5.32 Å². The van der Waals surface area contributed by atoms with Crippen molar-refractivity contribution in [2.45, 2.75) is 32.7 Å². The fraction of sp³-hybridized carbons (Fsp3) is 0.750. The first-order chi connectivity index (χ1) is 8.29. The van der Waals surface area contributed by atoms with Gasteiger partial charge in [0.2, 0.25) is 0 Å². The highest BCUT2D eigenvalue weighted by Crippen LogP contribution is 2.16. The Morgan fingerprint density at radius 1 is 1.53 bits per heavy atom. The quantitative estimate of drug-likeness (QED) is 0.841. The molecule has 0 aliphatic carbocycles. The summed E-state index contributed by atoms with van der Waals surface area (Å²) >= 11 is 0. The predicted octanol–water partition coefficient (Wildman–Crippen LogP) is 1.34. The molecule has 1 saturated heterocycles. The molecule has 2 heterocycles. The van der Waals surface area contributed by atoms with Crippen molar-refractivity contribution in [3.63, 3.8) is 0 Å². The lowest BCUT2D eigenvalue weighted by molar-refractivity contribution is -0.00885. The summed E-state index contributed by atoms with van der Waals surface area (Å²) in [6.45, 7) is 5.19. The van der Waals surface area contributed by atoms with Crippen LogP contribution in [0.15, 0.2) is 10.6 Å². The van der Waals surface area contributed by atoms with Crippen molar-refractivity contribution in [2.75, 3.05) is 20.2 Å². The minimum absolute atomic E-state index is 0.270. The average molecular weight is 240 g/mol. The van der Waals surface area contributed by atoms with E-state index in [1.54, 1.807) is 7.11 Å². The van der Waals surface area contributed by atoms with E-state index in [4.69, 9.17) is 14.0 Å². The van der Waals surface area contributed by atoms with E-state index in [1.807, 2.05) is 6.07 Å². The van der Waals surface area contributed by atoms with Crippen LogP contribution in [0.25, 0.3) is 0 Å². The molecule has 1 aliphatic rings. The van der Waals surface area contributed by atoms with Gasteiger partial charge in [0.1, 0.15) is 12.3 Å². The van der Waals surface area contributed by atoms with Crippen LogP contribution >= 0.6 is 0 Å². The molecule has 0 saturated carbocycles. The molecular weight excluding hydrogens is 220 g/mol. The minimum atomic E-state index is 0.270. The number of methoxy groups -OCH3 is 1. The van der Waals surface area contributed by atoms with Crippen LogP contribution in [0.2, 0.25) is 0 Å². The van der Waals surface area contributed by atoms with Crippen molar-refractivity contribution in [1.29, 1.82) is 0 Å². The largest absolute Gasteiger partial charge is 0.377 e. The Balaban J connectivity index is 1.79. The Labute approximate surface area is 101 Å². The van der Waals surface area contributed by atoms with Crippen molar-refractivity contribution >= 4 is 0 Å². The number of rotatable bonds is 5. The van der Waals surface area contributed by atoms with Gasteiger partial charge in [0, 0.05) is 19.7 Å². The van der Waals surface area contributed by atoms with Crippen LogP contribution in [0.1, 0.15) is 24.8 Å². The van der Waals surface area contributed by atoms with Gasteiger partial charge in [-0.3, -0.25) is 0 Å². The summed E-state index contributed by atoms with van der Waals surface area (Å²) in [5, 5.41) is 7.28. The zero-order valence-electron chi connectivity index (χ0n) is 10.4. The van der Waals surface area contributed by atoms with E-state index >= 15 is 0 Å². The van der Waals surface area contributed by atoms with Gasteiger partial charge in [-0.25, -0.2) is 0 Å². The molecule has 2 atom stereocenters. The van der Waals surface area contributed by atoms with Gasteiger partial charge in [0.05, 0.1) is 12.7 Å². The molecule has 1 aliphatic heterocycles. The maximum atomic E-state index is 5.85. The fourth-order valence-corrected chi connectivity index (χ4v) is 2.01. The Morgan fingerprint density at radius 3 is 3.18 bits per heavy atom. The van der Waals surface area contributed by atoms with E-state index in [1.165, 1.54) is 6.42 Å². The van der Waals surface area contributed by atoms with Crippen LogP contribution in [0, 0.1) is 5.92 Å². The van der Waals surface area contributed by atoms with Gasteiger partial charge >= 0.3 is 0 Å². The second kappa shape index (κ2) is 6.14. The lowest BCUT2D eigenvalue weighted by Crippen LogP contribution is -2.40. The summed E-state index contributed by atoms with van der Waals surface area (Å²) in [5.41, 5.74) is 0.829. The first-order valence-electron chi connectivity index (χ1n) is 6.05. The van der Waals surface area contributed by atoms with Crippen molar-refractivity contribution < 1.29 is 14.0 Å². The van der Waals surface area contributed by atoms with E-state index in [2.05, 4.69) is 17.4 Å². The van der Waals surface area contributed by atoms with Crippen LogP contribution in [0.4, 0.5) is 0 Å². The van der Waals surface area contributed by atoms with E-state index in [0.717, 1.165) is 24.5 Å². The number of hydrogen-bond donors (Lipinski definition) is 1. The van der Waals surface area contributed by atoms with Gasteiger partial charge in [-0.15, -0.1) is 0 Å². The van der Waals surface area contributed by atoms with E-state index in [0.29, 0.717) is 19.1 Å². The number of nitrogens with zero attached hydrogens (tertiary/aromatic N) is 1. The second-order valence-corrected chi connectivity index (χ2v) is 4.54. The summed E-state index contributed by atoms with van der Waals surface area (Å²) in [6.07, 6.45) is 1.43. The minimum Gasteiger partial charge on any atom is -0.377 e. The molecule has 1 fully saturated rings. The molecule has 0 spiro atoms. The standard InChI is InChI=1S/C12H20N2O3/c1-9-3-4-13-6-12(9)16-7-10-5-11(8-15-2)17-14-10/h5,9,12-13H,3-4,6-8H2,1-2H3. The van der Waals surface area contributed by atoms with Crippen molar-refractivity contribution in [3.05, 3.63) is 17.5 Å². The third kappa shape index (κ3) is 3.52. The third-order valence-electron chi connectivity index (χ3n) is 3.10. The fourth-order valence-electron chi connectivity index (χ4n) is 2.01. The van der Waals surface area contributed by atoms with Crippen molar-refractivity contribution in [2.24, 2.45) is 5.92 Å². The molecule has 0 aromatic carbocycles. The molecule has 5 nitrogen and oxygen atoms in total. The molecule has 0 amide bonds. The Hall–Kier alpha value is -0.910. The van der Waals surface area contributed by atoms with Gasteiger partial charge in [-0.2, -0.15) is 0 Å². The van der Waals surface area contributed by atoms with Gasteiger partial charge in [-0.1, -0.05) is 12.1 Å². The van der Waals surface area contributed by atoms with Crippen molar-refractivity contribution in [3.8, 4) is 0 Å². The third-order valence-corrected chi connectivity index (χ3v) is 3.10. The summed E-state index contributed by atoms with van der Waals surface area (Å²) in [6, 6.07) is 1.88. The number of aromatic nitrogens is 1. The normalized spacial score (nSPS) is 25.1. The van der Waals surface area contributed by atoms with Crippen LogP contribution in [-0.4, -0.2) is 31.5 Å². The average Bonchev–Trinajstić information content (AvgIpc) is 2.76. The number of ether oxygens (including phenoxy) is 2. The first kappa shape index (κ1) is 12.5. The van der Waals surface area contributed by atoms with Crippen LogP contribution in [0.5, 0.6) is 0 Å². The maximum Gasteiger partial charge on any atom is 0.162 e. The maximum absolute atomic E-state index is 5.85. The highest BCUT2D eigenvalue weighted by molar-refractivity contribution is 5.03. The summed E-state index contributed by atoms with van der Waals surface area (Å²) in [4.78, 5) is 0. The molecule has 17 heavy (non-hydrogen) atoms. The highest BCUT2D eigenvalue weighted by atomic mass is 16.5. The Morgan fingerprint density at radius 2 is 2.41 bits per heavy atom. The topological polar surface area (TPSA) is 56.5 Å². The Kier molecular flexibility index (Phi) is 4.53. The zero-order chi connectivity index (χ0) is 12.1. The molecule has 5 heteroatoms. The number of piperidine rings is 1. The molecule has 0 bridgehead atoms. The summed E-state index contributed by atoms with van der Waals surface area (Å²) in [5.74, 6) is 1.34. The number of nitrogens with one attached hydrogen (secondary N) is 1. The van der Waals surface area contributed by atoms with Crippen LogP contribution in [-0.2, 0) is 22.7 Å². The Bertz CT molecular complexity index is 340. The summed E-state index contributed by atoms with van der Waals surface area (Å²) in [7, 11) is 1.63. The van der Waals surface area contributed by atoms with E-state index in [-0.39, 0.29) is 6.10 Å². The zero-order valence-corrected chi connectivity index (χ0v) is 10.4. The first-order valence-corrected chi connectivity index (χ1v) is 6.05. The molecule has 1 aromatic rings. The molecule has 96 valence electrons. The summed E-state index contributed by atoms with van der Waals surface area (Å²) < 4.78 is 15.9. The van der Waals surface area contributed by atoms with E-state index in [9.17, 15) is 0 Å². The van der Waals surface area contributed by atoms with Gasteiger partial charge in [-0.05, 0) is 18.9 Å². The molecule has 0 radical (unpaired) electrons. The van der Waals surface area contributed by atoms with Gasteiger partial charge < -0.3 is 19.3 Å². The second-order valence-electron chi connectivity index (χ2n) is 4.54. The lowest BCUT2D eigenvalue weighted by atomic mass is 9.97. The van der Waals surface area contributed by atoms with E-state index < -0.39 is 0 Å². The van der Waals surface area contributed by atoms with Crippen LogP contribution in [0.3, 0.4) is 0 Å². The van der Waals surface area contributed by atoms with Gasteiger partial charge in [0.25, 0.3) is 0 Å². The SMILES string of the molecule is COCc1cc(COC2CNCCC2C)no1. The van der Waals surface area contributed by atoms with Gasteiger partial charge in [0.15, 0.2) is 5.76 Å². The smallest absolute Gasteiger partial charge is 0.162 e. The molecule has 2 unspecified atom stereocenters.